The minimum absolute atomic E-state index is 0. The van der Waals surface area contributed by atoms with E-state index in [1.807, 2.05) is 0 Å². The minimum Gasteiger partial charge on any atom is -0.370 e. The van der Waals surface area contributed by atoms with Crippen LogP contribution >= 0.6 is 24.0 Å². The first-order chi connectivity index (χ1) is 10.7. The van der Waals surface area contributed by atoms with Crippen molar-refractivity contribution in [3.05, 3.63) is 29.3 Å². The van der Waals surface area contributed by atoms with E-state index in [0.29, 0.717) is 18.9 Å². The number of rotatable bonds is 3. The van der Waals surface area contributed by atoms with Crippen molar-refractivity contribution in [3.63, 3.8) is 0 Å². The largest absolute Gasteiger partial charge is 0.370 e. The van der Waals surface area contributed by atoms with Gasteiger partial charge in [-0.05, 0) is 55.7 Å². The van der Waals surface area contributed by atoms with Crippen molar-refractivity contribution in [2.45, 2.75) is 51.0 Å². The summed E-state index contributed by atoms with van der Waals surface area (Å²) in [7, 11) is 0. The molecule has 0 saturated carbocycles. The van der Waals surface area contributed by atoms with E-state index in [1.54, 1.807) is 0 Å². The third-order valence-electron chi connectivity index (χ3n) is 4.46. The van der Waals surface area contributed by atoms with E-state index in [4.69, 9.17) is 5.73 Å². The Morgan fingerprint density at radius 3 is 2.91 bits per heavy atom. The molecule has 23 heavy (non-hydrogen) atoms. The van der Waals surface area contributed by atoms with Gasteiger partial charge >= 0.3 is 0 Å². The fourth-order valence-corrected chi connectivity index (χ4v) is 3.30. The molecule has 1 unspecified atom stereocenters. The van der Waals surface area contributed by atoms with Crippen LogP contribution < -0.4 is 16.4 Å². The molecule has 1 aromatic rings. The van der Waals surface area contributed by atoms with Crippen molar-refractivity contribution in [3.8, 4) is 0 Å². The molecular weight excluding hydrogens is 403 g/mol. The van der Waals surface area contributed by atoms with Gasteiger partial charge in [0.2, 0.25) is 5.91 Å². The number of carbonyl (C=O) groups is 1. The van der Waals surface area contributed by atoms with Crippen molar-refractivity contribution in [1.29, 1.82) is 0 Å². The summed E-state index contributed by atoms with van der Waals surface area (Å²) in [6.45, 7) is 0.541. The molecule has 4 N–H and O–H groups in total. The molecule has 2 aliphatic rings. The fraction of sp³-hybridized carbons (Fsp3) is 0.529. The maximum atomic E-state index is 11.4. The number of nitrogens with one attached hydrogen (secondary N) is 2. The maximum absolute atomic E-state index is 11.4. The van der Waals surface area contributed by atoms with Crippen molar-refractivity contribution in [1.82, 2.24) is 5.32 Å². The lowest BCUT2D eigenvalue weighted by Gasteiger charge is -2.22. The van der Waals surface area contributed by atoms with E-state index >= 15 is 0 Å². The fourth-order valence-electron chi connectivity index (χ4n) is 3.30. The number of benzene rings is 1. The van der Waals surface area contributed by atoms with Gasteiger partial charge in [-0.2, -0.15) is 0 Å². The van der Waals surface area contributed by atoms with Gasteiger partial charge in [0.1, 0.15) is 0 Å². The highest BCUT2D eigenvalue weighted by molar-refractivity contribution is 14.0. The first kappa shape index (κ1) is 18.0. The molecule has 1 fully saturated rings. The Morgan fingerprint density at radius 2 is 2.09 bits per heavy atom. The quantitative estimate of drug-likeness (QED) is 0.394. The molecule has 1 heterocycles. The molecule has 1 aliphatic carbocycles. The van der Waals surface area contributed by atoms with Crippen LogP contribution in [0.3, 0.4) is 0 Å². The monoisotopic (exact) mass is 428 g/mol. The topological polar surface area (TPSA) is 79.5 Å². The van der Waals surface area contributed by atoms with Crippen LogP contribution in [0, 0.1) is 0 Å². The van der Waals surface area contributed by atoms with Gasteiger partial charge in [-0.15, -0.1) is 24.0 Å². The van der Waals surface area contributed by atoms with Crippen LogP contribution in [-0.4, -0.2) is 24.5 Å². The van der Waals surface area contributed by atoms with Gasteiger partial charge in [-0.3, -0.25) is 9.79 Å². The molecule has 0 aromatic heterocycles. The van der Waals surface area contributed by atoms with Gasteiger partial charge in [0.25, 0.3) is 0 Å². The highest BCUT2D eigenvalue weighted by atomic mass is 127. The lowest BCUT2D eigenvalue weighted by Crippen LogP contribution is -2.41. The summed E-state index contributed by atoms with van der Waals surface area (Å²) in [6.07, 6.45) is 7.29. The van der Waals surface area contributed by atoms with Crippen LogP contribution in [0.1, 0.15) is 43.2 Å². The lowest BCUT2D eigenvalue weighted by atomic mass is 9.90. The van der Waals surface area contributed by atoms with Crippen molar-refractivity contribution in [2.24, 2.45) is 10.7 Å². The van der Waals surface area contributed by atoms with E-state index in [9.17, 15) is 4.79 Å². The van der Waals surface area contributed by atoms with Gasteiger partial charge in [0.05, 0.1) is 6.54 Å². The number of halogens is 1. The molecular formula is C17H25IN4O. The molecule has 6 heteroatoms. The molecule has 0 radical (unpaired) electrons. The first-order valence-electron chi connectivity index (χ1n) is 8.19. The Labute approximate surface area is 154 Å². The number of nitrogens with two attached hydrogens (primary N) is 1. The Balaban J connectivity index is 0.00000192. The number of piperidine rings is 1. The Morgan fingerprint density at radius 1 is 1.26 bits per heavy atom. The number of aryl methyl sites for hydroxylation is 1. The second-order valence-electron chi connectivity index (χ2n) is 6.16. The van der Waals surface area contributed by atoms with Crippen LogP contribution in [0.4, 0.5) is 5.69 Å². The van der Waals surface area contributed by atoms with E-state index in [2.05, 4.69) is 33.8 Å². The zero-order valence-corrected chi connectivity index (χ0v) is 15.6. The number of fused-ring (bicyclic) bond motifs is 1. The van der Waals surface area contributed by atoms with Crippen LogP contribution in [-0.2, 0) is 17.6 Å². The second-order valence-corrected chi connectivity index (χ2v) is 6.16. The number of guanidine groups is 1. The van der Waals surface area contributed by atoms with Crippen LogP contribution in [0.2, 0.25) is 0 Å². The first-order valence-corrected chi connectivity index (χ1v) is 8.19. The summed E-state index contributed by atoms with van der Waals surface area (Å²) < 4.78 is 0. The zero-order valence-electron chi connectivity index (χ0n) is 13.3. The summed E-state index contributed by atoms with van der Waals surface area (Å²) in [6, 6.07) is 6.45. The van der Waals surface area contributed by atoms with Crippen molar-refractivity contribution >= 4 is 41.5 Å². The molecule has 3 rings (SSSR count). The summed E-state index contributed by atoms with van der Waals surface area (Å²) in [5.41, 5.74) is 9.89. The Kier molecular flexibility index (Phi) is 6.68. The van der Waals surface area contributed by atoms with Crippen molar-refractivity contribution in [2.75, 3.05) is 11.9 Å². The van der Waals surface area contributed by atoms with Gasteiger partial charge in [0, 0.05) is 18.2 Å². The van der Waals surface area contributed by atoms with Gasteiger partial charge < -0.3 is 16.4 Å². The average Bonchev–Trinajstić information content (AvgIpc) is 2.53. The molecule has 0 spiro atoms. The standard InChI is InChI=1S/C17H24N4O.HI/c18-17(19-11-13-7-4-10-16(22)20-13)21-15-9-3-6-12-5-1-2-8-14(12)15;/h3,6,9,13H,1-2,4-5,7-8,10-11H2,(H,20,22)(H3,18,19,21);1H. The summed E-state index contributed by atoms with van der Waals surface area (Å²) in [4.78, 5) is 15.8. The van der Waals surface area contributed by atoms with Gasteiger partial charge in [-0.1, -0.05) is 12.1 Å². The Bertz CT molecular complexity index is 588. The maximum Gasteiger partial charge on any atom is 0.220 e. The average molecular weight is 428 g/mol. The minimum atomic E-state index is 0. The highest BCUT2D eigenvalue weighted by Gasteiger charge is 2.17. The lowest BCUT2D eigenvalue weighted by molar-refractivity contribution is -0.123. The number of anilines is 1. The second kappa shape index (κ2) is 8.52. The predicted octanol–water partition coefficient (Wildman–Crippen LogP) is 2.58. The van der Waals surface area contributed by atoms with E-state index in [1.165, 1.54) is 24.0 Å². The SMILES string of the molecule is I.NC(=NCC1CCCC(=O)N1)Nc1cccc2c1CCCC2. The number of aliphatic imine (C=N–C) groups is 1. The summed E-state index contributed by atoms with van der Waals surface area (Å²) in [5, 5.41) is 6.19. The predicted molar refractivity (Wildman–Crippen MR) is 104 cm³/mol. The number of amides is 1. The Hall–Kier alpha value is -1.31. The number of nitrogens with zero attached hydrogens (tertiary/aromatic N) is 1. The van der Waals surface area contributed by atoms with E-state index in [-0.39, 0.29) is 35.9 Å². The van der Waals surface area contributed by atoms with Gasteiger partial charge in [-0.25, -0.2) is 0 Å². The number of hydrogen-bond acceptors (Lipinski definition) is 2. The molecule has 126 valence electrons. The van der Waals surface area contributed by atoms with Crippen LogP contribution in [0.15, 0.2) is 23.2 Å². The molecule has 0 bridgehead atoms. The number of carbonyl (C=O) groups excluding carboxylic acids is 1. The normalized spacial score (nSPS) is 21.0. The molecule has 1 aliphatic heterocycles. The highest BCUT2D eigenvalue weighted by Crippen LogP contribution is 2.27. The smallest absolute Gasteiger partial charge is 0.220 e. The van der Waals surface area contributed by atoms with Crippen LogP contribution in [0.25, 0.3) is 0 Å². The molecule has 1 amide bonds. The molecule has 1 atom stereocenters. The third-order valence-corrected chi connectivity index (χ3v) is 4.46. The van der Waals surface area contributed by atoms with E-state index < -0.39 is 0 Å². The molecule has 1 aromatic carbocycles. The summed E-state index contributed by atoms with van der Waals surface area (Å²) in [5.74, 6) is 0.550. The van der Waals surface area contributed by atoms with Crippen molar-refractivity contribution < 1.29 is 4.79 Å². The summed E-state index contributed by atoms with van der Waals surface area (Å²) >= 11 is 0. The zero-order chi connectivity index (χ0) is 15.4. The third kappa shape index (κ3) is 4.83. The molecule has 1 saturated heterocycles. The van der Waals surface area contributed by atoms with Gasteiger partial charge in [0.15, 0.2) is 5.96 Å². The van der Waals surface area contributed by atoms with E-state index in [0.717, 1.165) is 31.4 Å². The molecule has 5 nitrogen and oxygen atoms in total. The number of hydrogen-bond donors (Lipinski definition) is 3. The van der Waals surface area contributed by atoms with Crippen LogP contribution in [0.5, 0.6) is 0 Å².